The molecule has 2 aromatic carbocycles. The number of carbonyl (C=O) groups is 3. The zero-order valence-electron chi connectivity index (χ0n) is 21.6. The highest BCUT2D eigenvalue weighted by molar-refractivity contribution is 6.31. The molecule has 9 heteroatoms. The minimum Gasteiger partial charge on any atom is -0.368 e. The third-order valence-electron chi connectivity index (χ3n) is 6.62. The number of amides is 4. The predicted octanol–water partition coefficient (Wildman–Crippen LogP) is 4.84. The number of halogens is 1. The number of rotatable bonds is 7. The van der Waals surface area contributed by atoms with Gasteiger partial charge in [0.1, 0.15) is 0 Å². The fourth-order valence-corrected chi connectivity index (χ4v) is 4.79. The van der Waals surface area contributed by atoms with Gasteiger partial charge in [-0.05, 0) is 62.6 Å². The van der Waals surface area contributed by atoms with E-state index in [0.717, 1.165) is 24.9 Å². The minimum absolute atomic E-state index is 0.0700. The molecule has 8 nitrogen and oxygen atoms in total. The van der Waals surface area contributed by atoms with Gasteiger partial charge in [0.15, 0.2) is 0 Å². The summed E-state index contributed by atoms with van der Waals surface area (Å²) in [5.74, 6) is -0.521. The van der Waals surface area contributed by atoms with Crippen LogP contribution in [-0.4, -0.2) is 62.0 Å². The second-order valence-electron chi connectivity index (χ2n) is 9.33. The first-order valence-corrected chi connectivity index (χ1v) is 13.4. The largest absolute Gasteiger partial charge is 0.368 e. The molecule has 2 aromatic rings. The Kier molecular flexibility index (Phi) is 9.43. The Morgan fingerprint density at radius 2 is 1.79 bits per heavy atom. The summed E-state index contributed by atoms with van der Waals surface area (Å²) in [6.07, 6.45) is 8.84. The monoisotopic (exact) mass is 535 g/mol. The average Bonchev–Trinajstić information content (AvgIpc) is 3.19. The van der Waals surface area contributed by atoms with Gasteiger partial charge in [-0.25, -0.2) is 4.79 Å². The number of nitrogens with zero attached hydrogens (tertiary/aromatic N) is 2. The van der Waals surface area contributed by atoms with E-state index >= 15 is 0 Å². The molecule has 38 heavy (non-hydrogen) atoms. The molecule has 1 heterocycles. The maximum Gasteiger partial charge on any atom is 0.317 e. The molecule has 0 radical (unpaired) electrons. The predicted molar refractivity (Wildman–Crippen MR) is 152 cm³/mol. The summed E-state index contributed by atoms with van der Waals surface area (Å²) < 4.78 is 0. The van der Waals surface area contributed by atoms with E-state index in [1.807, 2.05) is 30.0 Å². The van der Waals surface area contributed by atoms with Gasteiger partial charge in [-0.1, -0.05) is 41.5 Å². The van der Waals surface area contributed by atoms with Crippen LogP contribution in [0.2, 0.25) is 5.02 Å². The summed E-state index contributed by atoms with van der Waals surface area (Å²) in [6, 6.07) is 12.0. The van der Waals surface area contributed by atoms with Crippen LogP contribution in [0, 0.1) is 0 Å². The topological polar surface area (TPSA) is 93.8 Å². The smallest absolute Gasteiger partial charge is 0.317 e. The van der Waals surface area contributed by atoms with Gasteiger partial charge in [0, 0.05) is 55.4 Å². The van der Waals surface area contributed by atoms with Crippen molar-refractivity contribution in [3.63, 3.8) is 0 Å². The van der Waals surface area contributed by atoms with E-state index in [1.54, 1.807) is 36.4 Å². The Balaban J connectivity index is 1.56. The average molecular weight is 536 g/mol. The first-order chi connectivity index (χ1) is 18.4. The van der Waals surface area contributed by atoms with Crippen LogP contribution in [0.15, 0.2) is 66.3 Å². The Morgan fingerprint density at radius 1 is 0.947 bits per heavy atom. The van der Waals surface area contributed by atoms with Crippen molar-refractivity contribution in [1.29, 1.82) is 0 Å². The van der Waals surface area contributed by atoms with Crippen molar-refractivity contribution in [2.24, 2.45) is 0 Å². The minimum atomic E-state index is -0.316. The molecule has 0 unspecified atom stereocenters. The normalized spacial score (nSPS) is 15.4. The van der Waals surface area contributed by atoms with Crippen LogP contribution < -0.4 is 20.9 Å². The maximum absolute atomic E-state index is 13.1. The summed E-state index contributed by atoms with van der Waals surface area (Å²) in [5.41, 5.74) is 3.40. The molecule has 3 N–H and O–H groups in total. The van der Waals surface area contributed by atoms with Crippen molar-refractivity contribution < 1.29 is 14.4 Å². The summed E-state index contributed by atoms with van der Waals surface area (Å²) in [5, 5.41) is 9.32. The zero-order chi connectivity index (χ0) is 26.9. The third-order valence-corrected chi connectivity index (χ3v) is 6.86. The van der Waals surface area contributed by atoms with Gasteiger partial charge in [-0.3, -0.25) is 9.59 Å². The van der Waals surface area contributed by atoms with Crippen LogP contribution in [0.5, 0.6) is 0 Å². The lowest BCUT2D eigenvalue weighted by Crippen LogP contribution is -2.42. The van der Waals surface area contributed by atoms with Gasteiger partial charge < -0.3 is 25.8 Å². The number of hydrogen-bond acceptors (Lipinski definition) is 4. The van der Waals surface area contributed by atoms with Crippen molar-refractivity contribution in [1.82, 2.24) is 15.5 Å². The van der Waals surface area contributed by atoms with E-state index in [-0.39, 0.29) is 17.8 Å². The lowest BCUT2D eigenvalue weighted by Gasteiger charge is -2.26. The molecule has 4 rings (SSSR count). The molecule has 1 fully saturated rings. The van der Waals surface area contributed by atoms with Crippen molar-refractivity contribution in [3.8, 4) is 0 Å². The molecule has 1 aliphatic carbocycles. The fraction of sp³-hybridized carbons (Fsp3) is 0.345. The number of nitrogens with one attached hydrogen (secondary N) is 3. The van der Waals surface area contributed by atoms with Crippen molar-refractivity contribution in [2.75, 3.05) is 49.5 Å². The Morgan fingerprint density at radius 3 is 2.55 bits per heavy atom. The van der Waals surface area contributed by atoms with Gasteiger partial charge in [-0.2, -0.15) is 0 Å². The lowest BCUT2D eigenvalue weighted by atomic mass is 10.0. The highest BCUT2D eigenvalue weighted by Crippen LogP contribution is 2.29. The second-order valence-corrected chi connectivity index (χ2v) is 9.77. The number of allylic oxidation sites excluding steroid dienone is 3. The Hall–Kier alpha value is -3.78. The number of urea groups is 1. The van der Waals surface area contributed by atoms with Crippen molar-refractivity contribution in [3.05, 3.63) is 82.4 Å². The van der Waals surface area contributed by atoms with Crippen LogP contribution >= 0.6 is 11.6 Å². The van der Waals surface area contributed by atoms with Gasteiger partial charge in [0.2, 0.25) is 0 Å². The molecule has 0 atom stereocenters. The van der Waals surface area contributed by atoms with Crippen LogP contribution in [0.25, 0.3) is 0 Å². The highest BCUT2D eigenvalue weighted by Gasteiger charge is 2.22. The first-order valence-electron chi connectivity index (χ1n) is 13.1. The highest BCUT2D eigenvalue weighted by atomic mass is 35.5. The standard InChI is InChI=1S/C29H34ClN5O3/c1-2-31-29(38)35-15-7-14-34(16-17-35)26-13-12-23(27(36)32-20-21-8-4-3-5-9-21)19-25(26)33-28(37)22-10-6-11-24(30)18-22/h3-4,6,8,10-13,18-19H,2,5,7,9,14-17,20H2,1H3,(H,31,38)(H,32,36)(H,33,37). The zero-order valence-corrected chi connectivity index (χ0v) is 22.4. The molecule has 0 bridgehead atoms. The van der Waals surface area contributed by atoms with Crippen LogP contribution in [0.4, 0.5) is 16.2 Å². The van der Waals surface area contributed by atoms with E-state index in [0.29, 0.717) is 61.1 Å². The molecule has 4 amide bonds. The van der Waals surface area contributed by atoms with Gasteiger partial charge in [-0.15, -0.1) is 0 Å². The van der Waals surface area contributed by atoms with Crippen LogP contribution in [0.1, 0.15) is 46.9 Å². The summed E-state index contributed by atoms with van der Waals surface area (Å²) in [6.45, 7) is 5.48. The van der Waals surface area contributed by atoms with E-state index in [1.165, 1.54) is 5.57 Å². The maximum atomic E-state index is 13.1. The fourth-order valence-electron chi connectivity index (χ4n) is 4.60. The van der Waals surface area contributed by atoms with Crippen molar-refractivity contribution in [2.45, 2.75) is 26.2 Å². The molecule has 0 saturated carbocycles. The summed E-state index contributed by atoms with van der Waals surface area (Å²) in [7, 11) is 0. The first kappa shape index (κ1) is 27.3. The van der Waals surface area contributed by atoms with Gasteiger partial charge in [0.25, 0.3) is 11.8 Å². The summed E-state index contributed by atoms with van der Waals surface area (Å²) >= 11 is 6.10. The summed E-state index contributed by atoms with van der Waals surface area (Å²) in [4.78, 5) is 42.5. The molecule has 0 aromatic heterocycles. The molecule has 200 valence electrons. The number of benzene rings is 2. The van der Waals surface area contributed by atoms with Crippen LogP contribution in [0.3, 0.4) is 0 Å². The van der Waals surface area contributed by atoms with E-state index < -0.39 is 0 Å². The van der Waals surface area contributed by atoms with Gasteiger partial charge in [0.05, 0.1) is 11.4 Å². The molecule has 2 aliphatic rings. The number of hydrogen-bond donors (Lipinski definition) is 3. The van der Waals surface area contributed by atoms with Crippen molar-refractivity contribution >= 4 is 40.8 Å². The molecular weight excluding hydrogens is 502 g/mol. The Labute approximate surface area is 228 Å². The SMILES string of the molecule is CCNC(=O)N1CCCN(c2ccc(C(=O)NCC3=CC=CCC3)cc2NC(=O)c2cccc(Cl)c2)CC1. The third kappa shape index (κ3) is 7.16. The van der Waals surface area contributed by atoms with E-state index in [9.17, 15) is 14.4 Å². The molecule has 1 aliphatic heterocycles. The van der Waals surface area contributed by atoms with E-state index in [4.69, 9.17) is 11.6 Å². The van der Waals surface area contributed by atoms with Gasteiger partial charge >= 0.3 is 6.03 Å². The number of anilines is 2. The quantitative estimate of drug-likeness (QED) is 0.473. The van der Waals surface area contributed by atoms with E-state index in [2.05, 4.69) is 26.9 Å². The second kappa shape index (κ2) is 13.1. The molecular formula is C29H34ClN5O3. The Bertz CT molecular complexity index is 1240. The lowest BCUT2D eigenvalue weighted by molar-refractivity contribution is 0.0955. The van der Waals surface area contributed by atoms with Crippen LogP contribution in [-0.2, 0) is 0 Å². The number of carbonyl (C=O) groups excluding carboxylic acids is 3. The molecule has 1 saturated heterocycles. The molecule has 0 spiro atoms.